The molecule has 2 aromatic rings. The lowest BCUT2D eigenvalue weighted by atomic mass is 10.1. The van der Waals surface area contributed by atoms with E-state index in [1.54, 1.807) is 11.3 Å². The van der Waals surface area contributed by atoms with Gasteiger partial charge in [-0.25, -0.2) is 4.98 Å². The van der Waals surface area contributed by atoms with Gasteiger partial charge in [0.25, 0.3) is 0 Å². The van der Waals surface area contributed by atoms with Crippen LogP contribution in [-0.4, -0.2) is 24.0 Å². The van der Waals surface area contributed by atoms with Gasteiger partial charge in [-0.15, -0.1) is 11.3 Å². The first kappa shape index (κ1) is 11.6. The fraction of sp³-hybridized carbons (Fsp3) is 0.250. The molecule has 1 heterocycles. The van der Waals surface area contributed by atoms with Crippen molar-refractivity contribution in [3.8, 4) is 11.3 Å². The Bertz CT molecular complexity index is 462. The Morgan fingerprint density at radius 3 is 2.56 bits per heavy atom. The molecule has 0 saturated carbocycles. The molecule has 2 nitrogen and oxygen atoms in total. The summed E-state index contributed by atoms with van der Waals surface area (Å²) in [6.07, 6.45) is 0. The molecular formula is C12H13ClN2S. The highest BCUT2D eigenvalue weighted by Crippen LogP contribution is 2.27. The van der Waals surface area contributed by atoms with Gasteiger partial charge in [-0.3, -0.25) is 0 Å². The number of halogens is 1. The zero-order chi connectivity index (χ0) is 11.5. The summed E-state index contributed by atoms with van der Waals surface area (Å²) in [6.45, 7) is 0.919. The lowest BCUT2D eigenvalue weighted by Crippen LogP contribution is -2.10. The molecule has 16 heavy (non-hydrogen) atoms. The summed E-state index contributed by atoms with van der Waals surface area (Å²) in [5, 5.41) is 0.758. The van der Waals surface area contributed by atoms with Gasteiger partial charge >= 0.3 is 0 Å². The van der Waals surface area contributed by atoms with Crippen molar-refractivity contribution in [2.75, 3.05) is 14.1 Å². The molecule has 0 fully saturated rings. The number of hydrogen-bond donors (Lipinski definition) is 0. The van der Waals surface area contributed by atoms with Crippen LogP contribution in [0.2, 0.25) is 5.02 Å². The molecule has 0 aliphatic heterocycles. The second kappa shape index (κ2) is 4.95. The highest BCUT2D eigenvalue weighted by atomic mass is 35.5. The van der Waals surface area contributed by atoms with Crippen LogP contribution >= 0.6 is 22.9 Å². The molecule has 2 rings (SSSR count). The van der Waals surface area contributed by atoms with Crippen LogP contribution in [0.25, 0.3) is 11.3 Å². The normalized spacial score (nSPS) is 11.0. The number of hydrogen-bond acceptors (Lipinski definition) is 3. The highest BCUT2D eigenvalue weighted by molar-refractivity contribution is 7.10. The fourth-order valence-corrected chi connectivity index (χ4v) is 2.54. The Labute approximate surface area is 105 Å². The summed E-state index contributed by atoms with van der Waals surface area (Å²) in [4.78, 5) is 7.85. The van der Waals surface area contributed by atoms with Crippen molar-refractivity contribution in [3.63, 3.8) is 0 Å². The summed E-state index contributed by atoms with van der Waals surface area (Å²) >= 11 is 7.56. The van der Waals surface area contributed by atoms with Crippen molar-refractivity contribution >= 4 is 22.9 Å². The third-order valence-electron chi connectivity index (χ3n) is 2.22. The maximum Gasteiger partial charge on any atom is 0.0856 e. The zero-order valence-electron chi connectivity index (χ0n) is 9.27. The molecule has 0 radical (unpaired) electrons. The predicted molar refractivity (Wildman–Crippen MR) is 70.0 cm³/mol. The predicted octanol–water partition coefficient (Wildman–Crippen LogP) is 3.53. The van der Waals surface area contributed by atoms with E-state index in [9.17, 15) is 0 Å². The van der Waals surface area contributed by atoms with Crippen LogP contribution in [0.1, 0.15) is 4.88 Å². The van der Waals surface area contributed by atoms with Gasteiger partial charge in [0.2, 0.25) is 0 Å². The van der Waals surface area contributed by atoms with Crippen LogP contribution in [0.15, 0.2) is 29.8 Å². The van der Waals surface area contributed by atoms with Crippen molar-refractivity contribution in [1.82, 2.24) is 9.88 Å². The fourth-order valence-electron chi connectivity index (χ4n) is 1.51. The number of benzene rings is 1. The molecule has 0 aliphatic carbocycles. The van der Waals surface area contributed by atoms with Crippen LogP contribution in [-0.2, 0) is 6.54 Å². The molecule has 0 N–H and O–H groups in total. The smallest absolute Gasteiger partial charge is 0.0856 e. The molecule has 0 unspecified atom stereocenters. The molecule has 4 heteroatoms. The van der Waals surface area contributed by atoms with Crippen LogP contribution < -0.4 is 0 Å². The van der Waals surface area contributed by atoms with Crippen molar-refractivity contribution in [1.29, 1.82) is 0 Å². The van der Waals surface area contributed by atoms with Crippen molar-refractivity contribution in [2.45, 2.75) is 6.54 Å². The first-order valence-electron chi connectivity index (χ1n) is 5.00. The summed E-state index contributed by atoms with van der Waals surface area (Å²) in [7, 11) is 4.12. The van der Waals surface area contributed by atoms with Crippen molar-refractivity contribution in [3.05, 3.63) is 39.7 Å². The molecule has 1 aromatic carbocycles. The van der Waals surface area contributed by atoms with Gasteiger partial charge in [-0.2, -0.15) is 0 Å². The largest absolute Gasteiger partial charge is 0.304 e. The minimum atomic E-state index is 0.758. The lowest BCUT2D eigenvalue weighted by molar-refractivity contribution is 0.406. The van der Waals surface area contributed by atoms with E-state index < -0.39 is 0 Å². The Morgan fingerprint density at radius 2 is 1.94 bits per heavy atom. The molecule has 1 aromatic heterocycles. The minimum absolute atomic E-state index is 0.758. The second-order valence-corrected chi connectivity index (χ2v) is 5.24. The Balaban J connectivity index is 2.33. The van der Waals surface area contributed by atoms with E-state index in [0.29, 0.717) is 0 Å². The van der Waals surface area contributed by atoms with E-state index >= 15 is 0 Å². The molecule has 0 saturated heterocycles. The maximum atomic E-state index is 5.87. The van der Waals surface area contributed by atoms with Gasteiger partial charge < -0.3 is 4.90 Å². The average molecular weight is 253 g/mol. The third-order valence-corrected chi connectivity index (χ3v) is 3.29. The van der Waals surface area contributed by atoms with Gasteiger partial charge in [0.15, 0.2) is 0 Å². The van der Waals surface area contributed by atoms with E-state index in [0.717, 1.165) is 22.8 Å². The first-order valence-corrected chi connectivity index (χ1v) is 6.25. The van der Waals surface area contributed by atoms with Gasteiger partial charge in [0.05, 0.1) is 11.2 Å². The molecular weight excluding hydrogens is 240 g/mol. The lowest BCUT2D eigenvalue weighted by Gasteiger charge is -2.09. The summed E-state index contributed by atoms with van der Waals surface area (Å²) in [5.74, 6) is 0. The van der Waals surface area contributed by atoms with Crippen molar-refractivity contribution < 1.29 is 0 Å². The summed E-state index contributed by atoms with van der Waals surface area (Å²) in [5.41, 5.74) is 4.08. The molecule has 0 bridgehead atoms. The quantitative estimate of drug-likeness (QED) is 0.831. The van der Waals surface area contributed by atoms with E-state index in [2.05, 4.69) is 24.0 Å². The molecule has 0 spiro atoms. The highest BCUT2D eigenvalue weighted by Gasteiger charge is 2.09. The standard InChI is InChI=1S/C12H13ClN2S/c1-15(2)7-11-12(14-8-16-11)9-3-5-10(13)6-4-9/h3-6,8H,7H2,1-2H3. The molecule has 84 valence electrons. The van der Waals surface area contributed by atoms with E-state index in [1.165, 1.54) is 4.88 Å². The van der Waals surface area contributed by atoms with E-state index in [1.807, 2.05) is 29.8 Å². The Morgan fingerprint density at radius 1 is 1.25 bits per heavy atom. The zero-order valence-corrected chi connectivity index (χ0v) is 10.8. The van der Waals surface area contributed by atoms with Crippen LogP contribution in [0.5, 0.6) is 0 Å². The molecule has 0 atom stereocenters. The maximum absolute atomic E-state index is 5.87. The summed E-state index contributed by atoms with van der Waals surface area (Å²) in [6, 6.07) is 7.82. The van der Waals surface area contributed by atoms with Gasteiger partial charge in [0, 0.05) is 22.0 Å². The van der Waals surface area contributed by atoms with Crippen LogP contribution in [0.3, 0.4) is 0 Å². The minimum Gasteiger partial charge on any atom is -0.304 e. The average Bonchev–Trinajstić information content (AvgIpc) is 2.66. The van der Waals surface area contributed by atoms with Crippen molar-refractivity contribution in [2.24, 2.45) is 0 Å². The third kappa shape index (κ3) is 2.61. The van der Waals surface area contributed by atoms with Gasteiger partial charge in [-0.05, 0) is 26.2 Å². The first-order chi connectivity index (χ1) is 7.66. The number of nitrogens with zero attached hydrogens (tertiary/aromatic N) is 2. The molecule has 0 amide bonds. The number of aromatic nitrogens is 1. The van der Waals surface area contributed by atoms with E-state index in [-0.39, 0.29) is 0 Å². The second-order valence-electron chi connectivity index (χ2n) is 3.87. The Kier molecular flexibility index (Phi) is 3.59. The number of thiazole rings is 1. The summed E-state index contributed by atoms with van der Waals surface area (Å²) < 4.78 is 0. The topological polar surface area (TPSA) is 16.1 Å². The Hall–Kier alpha value is -0.900. The van der Waals surface area contributed by atoms with Crippen LogP contribution in [0.4, 0.5) is 0 Å². The SMILES string of the molecule is CN(C)Cc1scnc1-c1ccc(Cl)cc1. The monoisotopic (exact) mass is 252 g/mol. The van der Waals surface area contributed by atoms with Gasteiger partial charge in [-0.1, -0.05) is 23.7 Å². The number of rotatable bonds is 3. The van der Waals surface area contributed by atoms with Gasteiger partial charge in [0.1, 0.15) is 0 Å². The van der Waals surface area contributed by atoms with Crippen LogP contribution in [0, 0.1) is 0 Å². The molecule has 0 aliphatic rings. The van der Waals surface area contributed by atoms with E-state index in [4.69, 9.17) is 11.6 Å².